The molecule has 0 saturated carbocycles. The Bertz CT molecular complexity index is 1400. The molecule has 3 rings (SSSR count). The van der Waals surface area contributed by atoms with E-state index in [2.05, 4.69) is 5.32 Å². The highest BCUT2D eigenvalue weighted by atomic mass is 35.5. The monoisotopic (exact) mass is 603 g/mol. The number of sulfonamides is 1. The number of rotatable bonds is 13. The van der Waals surface area contributed by atoms with Crippen molar-refractivity contribution in [2.45, 2.75) is 51.0 Å². The zero-order valence-corrected chi connectivity index (χ0v) is 25.3. The van der Waals surface area contributed by atoms with Gasteiger partial charge in [-0.25, -0.2) is 8.42 Å². The number of benzene rings is 3. The summed E-state index contributed by atoms with van der Waals surface area (Å²) in [5, 5.41) is 3.26. The van der Waals surface area contributed by atoms with Gasteiger partial charge in [0.1, 0.15) is 12.6 Å². The Hall–Kier alpha value is -3.07. The van der Waals surface area contributed by atoms with Crippen molar-refractivity contribution in [3.8, 4) is 0 Å². The first-order valence-corrected chi connectivity index (χ1v) is 15.4. The highest BCUT2D eigenvalue weighted by Gasteiger charge is 2.34. The molecule has 1 atom stereocenters. The number of nitrogens with one attached hydrogen (secondary N) is 1. The maximum atomic E-state index is 14.0. The Labute approximate surface area is 247 Å². The number of hydrogen-bond donors (Lipinski definition) is 1. The van der Waals surface area contributed by atoms with Crippen LogP contribution < -0.4 is 9.62 Å². The molecule has 0 radical (unpaired) electrons. The van der Waals surface area contributed by atoms with Gasteiger partial charge in [0, 0.05) is 18.1 Å². The smallest absolute Gasteiger partial charge is 0.264 e. The molecule has 0 aromatic heterocycles. The van der Waals surface area contributed by atoms with E-state index in [-0.39, 0.29) is 33.1 Å². The summed E-state index contributed by atoms with van der Waals surface area (Å²) >= 11 is 12.7. The molecule has 0 saturated heterocycles. The summed E-state index contributed by atoms with van der Waals surface area (Å²) < 4.78 is 28.8. The Kier molecular flexibility index (Phi) is 11.4. The lowest BCUT2D eigenvalue weighted by molar-refractivity contribution is -0.139. The summed E-state index contributed by atoms with van der Waals surface area (Å²) in [5.74, 6) is -0.805. The van der Waals surface area contributed by atoms with E-state index in [9.17, 15) is 18.0 Å². The second-order valence-corrected chi connectivity index (χ2v) is 12.2. The largest absolute Gasteiger partial charge is 0.354 e. The fraction of sp³-hybridized carbons (Fsp3) is 0.333. The van der Waals surface area contributed by atoms with E-state index in [4.69, 9.17) is 23.2 Å². The summed E-state index contributed by atoms with van der Waals surface area (Å²) in [6.45, 7) is 5.76. The van der Waals surface area contributed by atoms with Crippen LogP contribution in [0.3, 0.4) is 0 Å². The lowest BCUT2D eigenvalue weighted by Gasteiger charge is -2.33. The minimum Gasteiger partial charge on any atom is -0.354 e. The molecule has 0 aliphatic heterocycles. The molecule has 0 heterocycles. The van der Waals surface area contributed by atoms with Gasteiger partial charge >= 0.3 is 0 Å². The van der Waals surface area contributed by atoms with Crippen molar-refractivity contribution in [1.29, 1.82) is 0 Å². The SMILES string of the molecule is CCCNC(=O)[C@H](CC)N(CCc1ccccc1)C(=O)CN(c1cc(Cl)ccc1Cl)S(=O)(=O)c1ccc(C)cc1. The van der Waals surface area contributed by atoms with Crippen molar-refractivity contribution in [2.24, 2.45) is 0 Å². The van der Waals surface area contributed by atoms with Crippen molar-refractivity contribution < 1.29 is 18.0 Å². The second-order valence-electron chi connectivity index (χ2n) is 9.46. The molecule has 3 aromatic rings. The lowest BCUT2D eigenvalue weighted by atomic mass is 10.1. The lowest BCUT2D eigenvalue weighted by Crippen LogP contribution is -2.53. The molecule has 7 nitrogen and oxygen atoms in total. The van der Waals surface area contributed by atoms with Gasteiger partial charge in [-0.05, 0) is 62.1 Å². The molecule has 0 spiro atoms. The summed E-state index contributed by atoms with van der Waals surface area (Å²) in [7, 11) is -4.23. The van der Waals surface area contributed by atoms with E-state index in [0.717, 1.165) is 21.9 Å². The molecule has 2 amide bonds. The van der Waals surface area contributed by atoms with Crippen molar-refractivity contribution in [2.75, 3.05) is 23.9 Å². The molecule has 0 aliphatic rings. The molecular formula is C30H35Cl2N3O4S. The minimum absolute atomic E-state index is 0.00510. The average molecular weight is 605 g/mol. The Balaban J connectivity index is 2.04. The minimum atomic E-state index is -4.23. The van der Waals surface area contributed by atoms with Gasteiger partial charge in [0.25, 0.3) is 10.0 Å². The van der Waals surface area contributed by atoms with Gasteiger partial charge in [-0.1, -0.05) is 85.1 Å². The van der Waals surface area contributed by atoms with Gasteiger partial charge in [0.15, 0.2) is 0 Å². The quantitative estimate of drug-likeness (QED) is 0.264. The fourth-order valence-corrected chi connectivity index (χ4v) is 6.15. The molecule has 0 unspecified atom stereocenters. The molecule has 0 fully saturated rings. The van der Waals surface area contributed by atoms with Crippen molar-refractivity contribution in [1.82, 2.24) is 10.2 Å². The summed E-state index contributed by atoms with van der Waals surface area (Å²) in [6.07, 6.45) is 1.60. The van der Waals surface area contributed by atoms with Crippen molar-refractivity contribution >= 4 is 50.7 Å². The second kappa shape index (κ2) is 14.5. The Morgan fingerprint density at radius 2 is 1.62 bits per heavy atom. The third kappa shape index (κ3) is 7.99. The highest BCUT2D eigenvalue weighted by Crippen LogP contribution is 2.33. The van der Waals surface area contributed by atoms with Crippen LogP contribution in [0.1, 0.15) is 37.8 Å². The zero-order valence-electron chi connectivity index (χ0n) is 22.9. The number of anilines is 1. The van der Waals surface area contributed by atoms with Gasteiger partial charge < -0.3 is 10.2 Å². The standard InChI is InChI=1S/C30H35Cl2N3O4S/c1-4-18-33-30(37)27(5-2)34(19-17-23-9-7-6-8-10-23)29(36)21-35(28-20-24(31)13-16-26(28)32)40(38,39)25-14-11-22(3)12-15-25/h6-16,20,27H,4-5,17-19,21H2,1-3H3,(H,33,37)/t27-/m0/s1. The molecule has 214 valence electrons. The zero-order chi connectivity index (χ0) is 29.3. The summed E-state index contributed by atoms with van der Waals surface area (Å²) in [5.41, 5.74) is 1.96. The van der Waals surface area contributed by atoms with Gasteiger partial charge in [-0.15, -0.1) is 0 Å². The van der Waals surface area contributed by atoms with Crippen LogP contribution in [0.5, 0.6) is 0 Å². The van der Waals surface area contributed by atoms with E-state index in [1.165, 1.54) is 29.2 Å². The molecular weight excluding hydrogens is 569 g/mol. The Morgan fingerprint density at radius 1 is 0.950 bits per heavy atom. The normalized spacial score (nSPS) is 12.0. The van der Waals surface area contributed by atoms with Crippen LogP contribution in [-0.4, -0.2) is 50.8 Å². The van der Waals surface area contributed by atoms with E-state index >= 15 is 0 Å². The number of hydrogen-bond acceptors (Lipinski definition) is 4. The van der Waals surface area contributed by atoms with Gasteiger partial charge in [0.2, 0.25) is 11.8 Å². The van der Waals surface area contributed by atoms with E-state index in [1.54, 1.807) is 18.2 Å². The first-order valence-electron chi connectivity index (χ1n) is 13.2. The van der Waals surface area contributed by atoms with E-state index in [0.29, 0.717) is 19.4 Å². The number of amides is 2. The predicted octanol–water partition coefficient (Wildman–Crippen LogP) is 5.87. The van der Waals surface area contributed by atoms with E-state index < -0.39 is 28.5 Å². The van der Waals surface area contributed by atoms with Crippen molar-refractivity contribution in [3.05, 3.63) is 94.0 Å². The fourth-order valence-electron chi connectivity index (χ4n) is 4.29. The molecule has 3 aromatic carbocycles. The number of nitrogens with zero attached hydrogens (tertiary/aromatic N) is 2. The van der Waals surface area contributed by atoms with Gasteiger partial charge in [-0.2, -0.15) is 0 Å². The number of halogens is 2. The van der Waals surface area contributed by atoms with Crippen LogP contribution in [0.25, 0.3) is 0 Å². The summed E-state index contributed by atoms with van der Waals surface area (Å²) in [4.78, 5) is 28.6. The molecule has 0 bridgehead atoms. The maximum Gasteiger partial charge on any atom is 0.264 e. The first-order chi connectivity index (χ1) is 19.1. The maximum absolute atomic E-state index is 14.0. The highest BCUT2D eigenvalue weighted by molar-refractivity contribution is 7.92. The third-order valence-electron chi connectivity index (χ3n) is 6.48. The topological polar surface area (TPSA) is 86.8 Å². The van der Waals surface area contributed by atoms with Crippen LogP contribution in [0, 0.1) is 6.92 Å². The van der Waals surface area contributed by atoms with Crippen LogP contribution in [-0.2, 0) is 26.0 Å². The summed E-state index contributed by atoms with van der Waals surface area (Å²) in [6, 6.07) is 19.6. The van der Waals surface area contributed by atoms with Gasteiger partial charge in [-0.3, -0.25) is 13.9 Å². The third-order valence-corrected chi connectivity index (χ3v) is 8.81. The van der Waals surface area contributed by atoms with E-state index in [1.807, 2.05) is 51.1 Å². The number of carbonyl (C=O) groups excluding carboxylic acids is 2. The number of carbonyl (C=O) groups is 2. The predicted molar refractivity (Wildman–Crippen MR) is 161 cm³/mol. The first kappa shape index (κ1) is 31.5. The van der Waals surface area contributed by atoms with Crippen LogP contribution in [0.15, 0.2) is 77.7 Å². The molecule has 0 aliphatic carbocycles. The molecule has 10 heteroatoms. The van der Waals surface area contributed by atoms with Gasteiger partial charge in [0.05, 0.1) is 15.6 Å². The molecule has 1 N–H and O–H groups in total. The van der Waals surface area contributed by atoms with Crippen molar-refractivity contribution in [3.63, 3.8) is 0 Å². The van der Waals surface area contributed by atoms with Crippen LogP contribution in [0.2, 0.25) is 10.0 Å². The van der Waals surface area contributed by atoms with Crippen LogP contribution >= 0.6 is 23.2 Å². The van der Waals surface area contributed by atoms with Crippen LogP contribution in [0.4, 0.5) is 5.69 Å². The Morgan fingerprint density at radius 3 is 2.25 bits per heavy atom. The average Bonchev–Trinajstić information content (AvgIpc) is 2.94. The number of aryl methyl sites for hydroxylation is 1. The molecule has 40 heavy (non-hydrogen) atoms.